The van der Waals surface area contributed by atoms with Crippen molar-refractivity contribution >= 4 is 20.5 Å². The number of hydrogen-bond donors (Lipinski definition) is 0. The molecule has 0 saturated carbocycles. The van der Waals surface area contributed by atoms with Crippen LogP contribution in [0, 0.1) is 0 Å². The Hall–Kier alpha value is -2.20. The lowest BCUT2D eigenvalue weighted by Crippen LogP contribution is -2.43. The Bertz CT molecular complexity index is 756. The van der Waals surface area contributed by atoms with Crippen LogP contribution in [0.25, 0.3) is 12.2 Å². The first-order valence-corrected chi connectivity index (χ1v) is 11.8. The highest BCUT2D eigenvalue weighted by Gasteiger charge is 2.39. The van der Waals surface area contributed by atoms with Crippen molar-refractivity contribution in [2.24, 2.45) is 0 Å². The van der Waals surface area contributed by atoms with E-state index in [4.69, 9.17) is 13.9 Å². The smallest absolute Gasteiger partial charge is 0.250 e. The Labute approximate surface area is 158 Å². The van der Waals surface area contributed by atoms with Crippen LogP contribution in [-0.4, -0.2) is 22.5 Å². The summed E-state index contributed by atoms with van der Waals surface area (Å²) in [7, 11) is 1.46. The van der Waals surface area contributed by atoms with Crippen LogP contribution >= 0.6 is 0 Å². The molecule has 4 heteroatoms. The fraction of sp³-hybridized carbons (Fsp3) is 0.364. The molecule has 0 spiro atoms. The van der Waals surface area contributed by atoms with Gasteiger partial charge in [-0.1, -0.05) is 45.1 Å². The summed E-state index contributed by atoms with van der Waals surface area (Å²) in [5.74, 6) is 2.52. The van der Waals surface area contributed by atoms with Gasteiger partial charge in [0.2, 0.25) is 8.32 Å². The Morgan fingerprint density at radius 3 is 1.81 bits per heavy atom. The molecule has 0 atom stereocenters. The molecule has 26 heavy (non-hydrogen) atoms. The summed E-state index contributed by atoms with van der Waals surface area (Å²) in [5.41, 5.74) is 2.16. The predicted molar refractivity (Wildman–Crippen MR) is 113 cm³/mol. The fourth-order valence-corrected chi connectivity index (χ4v) is 3.24. The topological polar surface area (TPSA) is 27.7 Å². The number of hydrogen-bond acceptors (Lipinski definition) is 3. The van der Waals surface area contributed by atoms with Crippen molar-refractivity contribution in [2.75, 3.05) is 14.2 Å². The Morgan fingerprint density at radius 2 is 1.27 bits per heavy atom. The molecule has 0 heterocycles. The van der Waals surface area contributed by atoms with E-state index in [1.807, 2.05) is 36.4 Å². The van der Waals surface area contributed by atoms with Gasteiger partial charge < -0.3 is 13.9 Å². The van der Waals surface area contributed by atoms with Crippen LogP contribution in [0.3, 0.4) is 0 Å². The molecule has 0 aromatic heterocycles. The van der Waals surface area contributed by atoms with E-state index < -0.39 is 8.32 Å². The number of ether oxygens (including phenoxy) is 2. The second-order valence-corrected chi connectivity index (χ2v) is 12.6. The minimum absolute atomic E-state index is 0.148. The van der Waals surface area contributed by atoms with E-state index in [0.717, 1.165) is 28.4 Å². The van der Waals surface area contributed by atoms with E-state index in [1.54, 1.807) is 14.2 Å². The van der Waals surface area contributed by atoms with E-state index in [2.05, 4.69) is 52.1 Å². The molecule has 0 aliphatic rings. The summed E-state index contributed by atoms with van der Waals surface area (Å²) in [4.78, 5) is 0. The van der Waals surface area contributed by atoms with Gasteiger partial charge in [-0.2, -0.15) is 0 Å². The van der Waals surface area contributed by atoms with Crippen LogP contribution in [0.2, 0.25) is 18.1 Å². The Balaban J connectivity index is 2.27. The lowest BCUT2D eigenvalue weighted by molar-refractivity contribution is 0.410. The van der Waals surface area contributed by atoms with Gasteiger partial charge in [-0.05, 0) is 53.5 Å². The second kappa shape index (κ2) is 8.00. The molecule has 0 fully saturated rings. The van der Waals surface area contributed by atoms with Crippen molar-refractivity contribution in [3.63, 3.8) is 0 Å². The maximum absolute atomic E-state index is 6.44. The molecule has 2 rings (SSSR count). The lowest BCUT2D eigenvalue weighted by atomic mass is 10.1. The average molecular weight is 371 g/mol. The van der Waals surface area contributed by atoms with Crippen LogP contribution < -0.4 is 13.9 Å². The maximum atomic E-state index is 6.44. The molecule has 0 aliphatic heterocycles. The van der Waals surface area contributed by atoms with Gasteiger partial charge in [0.1, 0.15) is 17.2 Å². The highest BCUT2D eigenvalue weighted by atomic mass is 28.4. The van der Waals surface area contributed by atoms with Crippen LogP contribution in [-0.2, 0) is 0 Å². The zero-order valence-electron chi connectivity index (χ0n) is 16.9. The minimum atomic E-state index is -1.90. The average Bonchev–Trinajstić information content (AvgIpc) is 2.58. The molecule has 0 bridgehead atoms. The van der Waals surface area contributed by atoms with Gasteiger partial charge in [-0.25, -0.2) is 0 Å². The molecule has 0 aliphatic carbocycles. The summed E-state index contributed by atoms with van der Waals surface area (Å²) >= 11 is 0. The van der Waals surface area contributed by atoms with Gasteiger partial charge in [-0.3, -0.25) is 0 Å². The Morgan fingerprint density at radius 1 is 0.731 bits per heavy atom. The van der Waals surface area contributed by atoms with Crippen molar-refractivity contribution < 1.29 is 13.9 Å². The summed E-state index contributed by atoms with van der Waals surface area (Å²) in [5, 5.41) is 0.148. The number of benzene rings is 2. The molecule has 3 nitrogen and oxygen atoms in total. The first kappa shape index (κ1) is 20.1. The quantitative estimate of drug-likeness (QED) is 0.444. The molecule has 140 valence electrons. The first-order chi connectivity index (χ1) is 12.1. The molecule has 2 aromatic rings. The van der Waals surface area contributed by atoms with E-state index in [0.29, 0.717) is 0 Å². The zero-order valence-corrected chi connectivity index (χ0v) is 17.9. The second-order valence-electron chi connectivity index (χ2n) is 7.91. The van der Waals surface area contributed by atoms with E-state index >= 15 is 0 Å². The number of methoxy groups -OCH3 is 2. The van der Waals surface area contributed by atoms with E-state index in [1.165, 1.54) is 0 Å². The lowest BCUT2D eigenvalue weighted by Gasteiger charge is -2.36. The molecule has 0 saturated heterocycles. The largest absolute Gasteiger partial charge is 0.543 e. The van der Waals surface area contributed by atoms with Crippen molar-refractivity contribution in [2.45, 2.75) is 38.9 Å². The molecular weight excluding hydrogens is 340 g/mol. The van der Waals surface area contributed by atoms with Crippen LogP contribution in [0.5, 0.6) is 17.2 Å². The molecule has 2 aromatic carbocycles. The fourth-order valence-electron chi connectivity index (χ4n) is 2.22. The summed E-state index contributed by atoms with van der Waals surface area (Å²) in [6.45, 7) is 11.2. The van der Waals surface area contributed by atoms with Gasteiger partial charge in [0.25, 0.3) is 0 Å². The maximum Gasteiger partial charge on any atom is 0.250 e. The van der Waals surface area contributed by atoms with Crippen LogP contribution in [0.15, 0.2) is 42.5 Å². The normalized spacial score (nSPS) is 12.3. The number of rotatable bonds is 6. The highest BCUT2D eigenvalue weighted by Crippen LogP contribution is 2.38. The predicted octanol–water partition coefficient (Wildman–Crippen LogP) is 6.26. The van der Waals surface area contributed by atoms with Gasteiger partial charge >= 0.3 is 0 Å². The van der Waals surface area contributed by atoms with Gasteiger partial charge in [-0.15, -0.1) is 0 Å². The SMILES string of the molecule is COc1ccc(C=Cc2cc(OC)cc(O[Si](C)(C)C(C)(C)C)c2)cc1. The van der Waals surface area contributed by atoms with Crippen molar-refractivity contribution in [3.05, 3.63) is 53.6 Å². The third-order valence-corrected chi connectivity index (χ3v) is 9.26. The zero-order chi connectivity index (χ0) is 19.4. The first-order valence-electron chi connectivity index (χ1n) is 8.85. The van der Waals surface area contributed by atoms with E-state index in [-0.39, 0.29) is 5.04 Å². The molecule has 0 unspecified atom stereocenters. The van der Waals surface area contributed by atoms with E-state index in [9.17, 15) is 0 Å². The monoisotopic (exact) mass is 370 g/mol. The summed E-state index contributed by atoms with van der Waals surface area (Å²) in [6, 6.07) is 14.0. The van der Waals surface area contributed by atoms with Crippen molar-refractivity contribution in [1.82, 2.24) is 0 Å². The Kier molecular flexibility index (Phi) is 6.19. The molecular formula is C22H30O3Si. The standard InChI is InChI=1S/C22H30O3Si/c1-22(2,3)26(6,7)25-21-15-18(14-20(16-21)24-5)9-8-17-10-12-19(23-4)13-11-17/h8-16H,1-7H3. The van der Waals surface area contributed by atoms with Gasteiger partial charge in [0.05, 0.1) is 14.2 Å². The minimum Gasteiger partial charge on any atom is -0.543 e. The van der Waals surface area contributed by atoms with Crippen molar-refractivity contribution in [3.8, 4) is 17.2 Å². The van der Waals surface area contributed by atoms with Crippen molar-refractivity contribution in [1.29, 1.82) is 0 Å². The highest BCUT2D eigenvalue weighted by molar-refractivity contribution is 6.74. The summed E-state index contributed by atoms with van der Waals surface area (Å²) in [6.07, 6.45) is 4.15. The molecule has 0 N–H and O–H groups in total. The third kappa shape index (κ3) is 5.15. The molecule has 0 radical (unpaired) electrons. The summed E-state index contributed by atoms with van der Waals surface area (Å²) < 4.78 is 17.1. The van der Waals surface area contributed by atoms with Crippen LogP contribution in [0.4, 0.5) is 0 Å². The van der Waals surface area contributed by atoms with Crippen LogP contribution in [0.1, 0.15) is 31.9 Å². The van der Waals surface area contributed by atoms with Gasteiger partial charge in [0, 0.05) is 6.07 Å². The molecule has 0 amide bonds. The van der Waals surface area contributed by atoms with Gasteiger partial charge in [0.15, 0.2) is 0 Å². The third-order valence-electron chi connectivity index (χ3n) is 4.90.